The van der Waals surface area contributed by atoms with Crippen molar-refractivity contribution in [3.63, 3.8) is 0 Å². The molecule has 0 amide bonds. The van der Waals surface area contributed by atoms with Crippen molar-refractivity contribution < 1.29 is 13.2 Å². The SMILES string of the molecule is CCCCc1ccc(Sc2cccc(C(F)(F)F)c2)cc1P. The molecule has 0 radical (unpaired) electrons. The van der Waals surface area contributed by atoms with E-state index in [2.05, 4.69) is 22.2 Å². The van der Waals surface area contributed by atoms with E-state index in [0.717, 1.165) is 35.5 Å². The van der Waals surface area contributed by atoms with Gasteiger partial charge in [-0.05, 0) is 54.0 Å². The van der Waals surface area contributed by atoms with Gasteiger partial charge < -0.3 is 0 Å². The van der Waals surface area contributed by atoms with Gasteiger partial charge in [-0.25, -0.2) is 0 Å². The van der Waals surface area contributed by atoms with Crippen LogP contribution in [0.2, 0.25) is 0 Å². The first-order chi connectivity index (χ1) is 10.4. The van der Waals surface area contributed by atoms with Gasteiger partial charge in [0.1, 0.15) is 0 Å². The number of alkyl halides is 3. The van der Waals surface area contributed by atoms with Gasteiger partial charge in [-0.1, -0.05) is 37.2 Å². The van der Waals surface area contributed by atoms with Gasteiger partial charge in [-0.2, -0.15) is 13.2 Å². The van der Waals surface area contributed by atoms with E-state index >= 15 is 0 Å². The third-order valence-electron chi connectivity index (χ3n) is 3.31. The second kappa shape index (κ2) is 7.52. The van der Waals surface area contributed by atoms with E-state index in [1.807, 2.05) is 12.1 Å². The second-order valence-corrected chi connectivity index (χ2v) is 6.86. The minimum Gasteiger partial charge on any atom is -0.166 e. The van der Waals surface area contributed by atoms with Crippen LogP contribution in [0.5, 0.6) is 0 Å². The summed E-state index contributed by atoms with van der Waals surface area (Å²) in [5.41, 5.74) is 0.670. The molecule has 2 aromatic rings. The number of hydrogen-bond donors (Lipinski definition) is 0. The van der Waals surface area contributed by atoms with Crippen molar-refractivity contribution in [1.82, 2.24) is 0 Å². The summed E-state index contributed by atoms with van der Waals surface area (Å²) in [5, 5.41) is 1.12. The maximum atomic E-state index is 12.7. The van der Waals surface area contributed by atoms with Crippen molar-refractivity contribution in [2.45, 2.75) is 42.2 Å². The summed E-state index contributed by atoms with van der Waals surface area (Å²) in [6, 6.07) is 11.5. The largest absolute Gasteiger partial charge is 0.416 e. The summed E-state index contributed by atoms with van der Waals surface area (Å²) in [7, 11) is 2.72. The van der Waals surface area contributed by atoms with Crippen LogP contribution in [-0.2, 0) is 12.6 Å². The van der Waals surface area contributed by atoms with Gasteiger partial charge in [0.15, 0.2) is 0 Å². The molecule has 0 saturated carbocycles. The summed E-state index contributed by atoms with van der Waals surface area (Å²) >= 11 is 1.35. The summed E-state index contributed by atoms with van der Waals surface area (Å²) in [6.07, 6.45) is -0.984. The van der Waals surface area contributed by atoms with Crippen LogP contribution in [0.1, 0.15) is 30.9 Å². The Bertz CT molecular complexity index is 638. The summed E-state index contributed by atoms with van der Waals surface area (Å²) in [4.78, 5) is 1.55. The van der Waals surface area contributed by atoms with Crippen LogP contribution >= 0.6 is 21.0 Å². The average Bonchev–Trinajstić information content (AvgIpc) is 2.46. The number of hydrogen-bond acceptors (Lipinski definition) is 1. The molecule has 22 heavy (non-hydrogen) atoms. The highest BCUT2D eigenvalue weighted by Gasteiger charge is 2.30. The first-order valence-electron chi connectivity index (χ1n) is 7.13. The van der Waals surface area contributed by atoms with Gasteiger partial charge in [0.25, 0.3) is 0 Å². The first kappa shape index (κ1) is 17.4. The molecule has 118 valence electrons. The Labute approximate surface area is 135 Å². The summed E-state index contributed by atoms with van der Waals surface area (Å²) in [6.45, 7) is 2.15. The molecule has 0 aliphatic heterocycles. The van der Waals surface area contributed by atoms with Crippen LogP contribution in [0.15, 0.2) is 52.3 Å². The van der Waals surface area contributed by atoms with Crippen LogP contribution in [0.4, 0.5) is 13.2 Å². The Hall–Kier alpha value is -0.990. The first-order valence-corrected chi connectivity index (χ1v) is 8.53. The molecule has 1 atom stereocenters. The number of halogens is 3. The Kier molecular flexibility index (Phi) is 5.94. The molecule has 0 heterocycles. The van der Waals surface area contributed by atoms with Crippen LogP contribution in [-0.4, -0.2) is 0 Å². The lowest BCUT2D eigenvalue weighted by atomic mass is 10.1. The van der Waals surface area contributed by atoms with Crippen LogP contribution in [0, 0.1) is 0 Å². The van der Waals surface area contributed by atoms with Crippen molar-refractivity contribution in [2.75, 3.05) is 0 Å². The van der Waals surface area contributed by atoms with E-state index in [1.165, 1.54) is 29.5 Å². The van der Waals surface area contributed by atoms with E-state index in [1.54, 1.807) is 6.07 Å². The Morgan fingerprint density at radius 1 is 1.05 bits per heavy atom. The molecule has 0 saturated heterocycles. The maximum absolute atomic E-state index is 12.7. The lowest BCUT2D eigenvalue weighted by molar-refractivity contribution is -0.137. The molecule has 2 rings (SSSR count). The molecule has 2 aromatic carbocycles. The van der Waals surface area contributed by atoms with Crippen LogP contribution in [0.3, 0.4) is 0 Å². The fraction of sp³-hybridized carbons (Fsp3) is 0.294. The third-order valence-corrected chi connectivity index (χ3v) is 4.83. The van der Waals surface area contributed by atoms with Crippen molar-refractivity contribution in [3.8, 4) is 0 Å². The minimum atomic E-state index is -4.30. The van der Waals surface area contributed by atoms with E-state index in [-0.39, 0.29) is 0 Å². The molecule has 5 heteroatoms. The van der Waals surface area contributed by atoms with Crippen molar-refractivity contribution >= 4 is 26.3 Å². The van der Waals surface area contributed by atoms with Gasteiger partial charge in [0.2, 0.25) is 0 Å². The normalized spacial score (nSPS) is 11.7. The molecule has 0 aliphatic carbocycles. The average molecular weight is 342 g/mol. The van der Waals surface area contributed by atoms with Crippen LogP contribution < -0.4 is 5.30 Å². The van der Waals surface area contributed by atoms with Gasteiger partial charge in [-0.3, -0.25) is 0 Å². The summed E-state index contributed by atoms with van der Waals surface area (Å²) in [5.74, 6) is 0. The minimum absolute atomic E-state index is 0.598. The van der Waals surface area contributed by atoms with E-state index < -0.39 is 11.7 Å². The molecule has 0 N–H and O–H groups in total. The van der Waals surface area contributed by atoms with Gasteiger partial charge in [-0.15, -0.1) is 9.24 Å². The molecular weight excluding hydrogens is 324 g/mol. The standard InChI is InChI=1S/C17H18F3PS/c1-2-3-5-12-8-9-15(11-16(12)21)22-14-7-4-6-13(10-14)17(18,19)20/h4,6-11H,2-3,5,21H2,1H3. The van der Waals surface area contributed by atoms with Gasteiger partial charge >= 0.3 is 6.18 Å². The lowest BCUT2D eigenvalue weighted by Gasteiger charge is -2.10. The lowest BCUT2D eigenvalue weighted by Crippen LogP contribution is -2.04. The van der Waals surface area contributed by atoms with Crippen LogP contribution in [0.25, 0.3) is 0 Å². The predicted octanol–water partition coefficient (Wildman–Crippen LogP) is 5.70. The zero-order chi connectivity index (χ0) is 16.2. The molecule has 0 aromatic heterocycles. The zero-order valence-electron chi connectivity index (χ0n) is 12.3. The number of rotatable bonds is 5. The third kappa shape index (κ3) is 4.76. The maximum Gasteiger partial charge on any atom is 0.416 e. The molecule has 0 bridgehead atoms. The van der Waals surface area contributed by atoms with Crippen molar-refractivity contribution in [2.24, 2.45) is 0 Å². The van der Waals surface area contributed by atoms with Gasteiger partial charge in [0, 0.05) is 9.79 Å². The number of benzene rings is 2. The van der Waals surface area contributed by atoms with Crippen molar-refractivity contribution in [1.29, 1.82) is 0 Å². The molecule has 0 nitrogen and oxygen atoms in total. The van der Waals surface area contributed by atoms with E-state index in [0.29, 0.717) is 4.90 Å². The number of aryl methyl sites for hydroxylation is 1. The Morgan fingerprint density at radius 3 is 2.41 bits per heavy atom. The Morgan fingerprint density at radius 2 is 1.77 bits per heavy atom. The fourth-order valence-electron chi connectivity index (χ4n) is 2.10. The number of unbranched alkanes of at least 4 members (excludes halogenated alkanes) is 1. The van der Waals surface area contributed by atoms with E-state index in [9.17, 15) is 13.2 Å². The van der Waals surface area contributed by atoms with Crippen molar-refractivity contribution in [3.05, 3.63) is 53.6 Å². The molecular formula is C17H18F3PS. The zero-order valence-corrected chi connectivity index (χ0v) is 14.3. The predicted molar refractivity (Wildman–Crippen MR) is 90.0 cm³/mol. The quantitative estimate of drug-likeness (QED) is 0.628. The molecule has 0 aliphatic rings. The van der Waals surface area contributed by atoms with E-state index in [4.69, 9.17) is 0 Å². The highest BCUT2D eigenvalue weighted by molar-refractivity contribution is 7.99. The smallest absolute Gasteiger partial charge is 0.166 e. The monoisotopic (exact) mass is 342 g/mol. The van der Waals surface area contributed by atoms with Gasteiger partial charge in [0.05, 0.1) is 5.56 Å². The molecule has 0 fully saturated rings. The highest BCUT2D eigenvalue weighted by atomic mass is 32.2. The summed E-state index contributed by atoms with van der Waals surface area (Å²) < 4.78 is 38.2. The second-order valence-electron chi connectivity index (χ2n) is 5.09. The Balaban J connectivity index is 2.16. The highest BCUT2D eigenvalue weighted by Crippen LogP contribution is 2.34. The topological polar surface area (TPSA) is 0 Å². The molecule has 0 spiro atoms. The fourth-order valence-corrected chi connectivity index (χ4v) is 3.57. The molecule has 1 unspecified atom stereocenters.